The number of nitrogens with zero attached hydrogens (tertiary/aromatic N) is 5. The first-order chi connectivity index (χ1) is 12.9. The van der Waals surface area contributed by atoms with E-state index < -0.39 is 17.6 Å². The van der Waals surface area contributed by atoms with Crippen molar-refractivity contribution in [2.45, 2.75) is 25.6 Å². The zero-order valence-corrected chi connectivity index (χ0v) is 14.6. The number of benzene rings is 1. The van der Waals surface area contributed by atoms with Crippen LogP contribution in [0.4, 0.5) is 28.9 Å². The fourth-order valence-electron chi connectivity index (χ4n) is 3.31. The summed E-state index contributed by atoms with van der Waals surface area (Å²) in [5, 5.41) is 12.8. The predicted octanol–water partition coefficient (Wildman–Crippen LogP) is 3.64. The molecule has 3 heterocycles. The van der Waals surface area contributed by atoms with E-state index in [1.165, 1.54) is 5.01 Å². The Morgan fingerprint density at radius 3 is 2.63 bits per heavy atom. The van der Waals surface area contributed by atoms with E-state index >= 15 is 0 Å². The Balaban J connectivity index is 1.86. The van der Waals surface area contributed by atoms with Crippen LogP contribution in [0.25, 0.3) is 0 Å². The highest BCUT2D eigenvalue weighted by Crippen LogP contribution is 2.44. The summed E-state index contributed by atoms with van der Waals surface area (Å²) in [6, 6.07) is 1.40. The average molecular weight is 382 g/mol. The van der Waals surface area contributed by atoms with Gasteiger partial charge < -0.3 is 10.2 Å². The number of rotatable bonds is 1. The number of fused-ring (bicyclic) bond motifs is 3. The lowest BCUT2D eigenvalue weighted by atomic mass is 10.1. The standard InChI is InChI=1S/C17H18F4N6/c1-2-10-7-15-16(26-5-3-22-4-6-26)23-13-9-12(18)11(17(19,20)21)8-14(13)27(15)25-24-10/h7-10,22H,2-6H2,1H3. The van der Waals surface area contributed by atoms with Gasteiger partial charge in [-0.2, -0.15) is 18.3 Å². The SMILES string of the molecule is CCC1C=C2C(N3CCNCC3)=Nc3cc(F)c(C(F)(F)F)cc3N2N=N1. The van der Waals surface area contributed by atoms with E-state index in [2.05, 4.69) is 20.6 Å². The maximum atomic E-state index is 14.1. The van der Waals surface area contributed by atoms with Gasteiger partial charge in [0.15, 0.2) is 5.84 Å². The number of hydrogen-bond acceptors (Lipinski definition) is 6. The summed E-state index contributed by atoms with van der Waals surface area (Å²) in [5.74, 6) is -0.766. The van der Waals surface area contributed by atoms with Gasteiger partial charge in [0, 0.05) is 32.2 Å². The molecule has 3 aliphatic rings. The van der Waals surface area contributed by atoms with E-state index in [1.54, 1.807) is 0 Å². The van der Waals surface area contributed by atoms with Crippen LogP contribution >= 0.6 is 0 Å². The van der Waals surface area contributed by atoms with Gasteiger partial charge >= 0.3 is 6.18 Å². The smallest absolute Gasteiger partial charge is 0.352 e. The highest BCUT2D eigenvalue weighted by Gasteiger charge is 2.38. The van der Waals surface area contributed by atoms with E-state index in [0.29, 0.717) is 31.0 Å². The molecule has 0 bridgehead atoms. The van der Waals surface area contributed by atoms with Crippen LogP contribution in [0.15, 0.2) is 39.2 Å². The molecule has 0 aromatic heterocycles. The third-order valence-electron chi connectivity index (χ3n) is 4.76. The first-order valence-electron chi connectivity index (χ1n) is 8.76. The maximum Gasteiger partial charge on any atom is 0.419 e. The number of anilines is 1. The Morgan fingerprint density at radius 1 is 1.22 bits per heavy atom. The number of hydrogen-bond donors (Lipinski definition) is 1. The summed E-state index contributed by atoms with van der Waals surface area (Å²) in [6.45, 7) is 4.86. The van der Waals surface area contributed by atoms with Crippen LogP contribution in [-0.4, -0.2) is 43.0 Å². The van der Waals surface area contributed by atoms with Crippen LogP contribution in [-0.2, 0) is 6.18 Å². The molecule has 0 spiro atoms. The summed E-state index contributed by atoms with van der Waals surface area (Å²) >= 11 is 0. The molecule has 1 unspecified atom stereocenters. The summed E-state index contributed by atoms with van der Waals surface area (Å²) in [4.78, 5) is 6.53. The minimum Gasteiger partial charge on any atom is -0.352 e. The minimum absolute atomic E-state index is 0.0761. The summed E-state index contributed by atoms with van der Waals surface area (Å²) in [6.07, 6.45) is -2.24. The topological polar surface area (TPSA) is 55.6 Å². The zero-order valence-electron chi connectivity index (χ0n) is 14.6. The summed E-state index contributed by atoms with van der Waals surface area (Å²) < 4.78 is 53.5. The first kappa shape index (κ1) is 17.9. The van der Waals surface area contributed by atoms with Gasteiger partial charge in [-0.25, -0.2) is 14.4 Å². The molecule has 0 aliphatic carbocycles. The van der Waals surface area contributed by atoms with Crippen LogP contribution in [0.5, 0.6) is 0 Å². The molecule has 1 saturated heterocycles. The largest absolute Gasteiger partial charge is 0.419 e. The normalized spacial score (nSPS) is 22.2. The van der Waals surface area contributed by atoms with E-state index in [-0.39, 0.29) is 17.4 Å². The number of piperazine rings is 1. The van der Waals surface area contributed by atoms with Gasteiger partial charge in [-0.1, -0.05) is 12.1 Å². The second-order valence-electron chi connectivity index (χ2n) is 6.54. The van der Waals surface area contributed by atoms with Gasteiger partial charge in [0.05, 0.1) is 23.0 Å². The zero-order chi connectivity index (χ0) is 19.2. The molecule has 1 aromatic carbocycles. The highest BCUT2D eigenvalue weighted by molar-refractivity contribution is 6.06. The molecule has 10 heteroatoms. The van der Waals surface area contributed by atoms with E-state index in [9.17, 15) is 17.6 Å². The maximum absolute atomic E-state index is 14.1. The van der Waals surface area contributed by atoms with Crippen molar-refractivity contribution >= 4 is 17.2 Å². The lowest BCUT2D eigenvalue weighted by Crippen LogP contribution is -2.49. The molecule has 0 amide bonds. The molecule has 1 fully saturated rings. The molecule has 3 aliphatic heterocycles. The van der Waals surface area contributed by atoms with Crippen molar-refractivity contribution in [3.63, 3.8) is 0 Å². The van der Waals surface area contributed by atoms with Crippen molar-refractivity contribution in [3.05, 3.63) is 35.3 Å². The highest BCUT2D eigenvalue weighted by atomic mass is 19.4. The molecule has 1 aromatic rings. The monoisotopic (exact) mass is 382 g/mol. The Labute approximate surface area is 153 Å². The predicted molar refractivity (Wildman–Crippen MR) is 92.4 cm³/mol. The molecule has 1 atom stereocenters. The third kappa shape index (κ3) is 3.18. The molecule has 6 nitrogen and oxygen atoms in total. The van der Waals surface area contributed by atoms with Crippen molar-refractivity contribution in [1.29, 1.82) is 0 Å². The van der Waals surface area contributed by atoms with Crippen molar-refractivity contribution < 1.29 is 17.6 Å². The molecule has 27 heavy (non-hydrogen) atoms. The Bertz CT molecular complexity index is 839. The molecule has 0 radical (unpaired) electrons. The average Bonchev–Trinajstić information content (AvgIpc) is 2.66. The van der Waals surface area contributed by atoms with Gasteiger partial charge in [0.25, 0.3) is 0 Å². The van der Waals surface area contributed by atoms with Crippen LogP contribution in [0.3, 0.4) is 0 Å². The van der Waals surface area contributed by atoms with Crippen LogP contribution in [0.1, 0.15) is 18.9 Å². The van der Waals surface area contributed by atoms with Gasteiger partial charge in [-0.15, -0.1) is 0 Å². The second kappa shape index (κ2) is 6.59. The molecule has 144 valence electrons. The number of halogens is 4. The van der Waals surface area contributed by atoms with Gasteiger partial charge in [0.2, 0.25) is 0 Å². The third-order valence-corrected chi connectivity index (χ3v) is 4.76. The van der Waals surface area contributed by atoms with Crippen LogP contribution < -0.4 is 10.3 Å². The van der Waals surface area contributed by atoms with Crippen LogP contribution in [0.2, 0.25) is 0 Å². The number of amidine groups is 1. The van der Waals surface area contributed by atoms with E-state index in [1.807, 2.05) is 17.9 Å². The Morgan fingerprint density at radius 2 is 1.96 bits per heavy atom. The first-order valence-corrected chi connectivity index (χ1v) is 8.76. The van der Waals surface area contributed by atoms with Crippen molar-refractivity contribution in [1.82, 2.24) is 10.2 Å². The summed E-state index contributed by atoms with van der Waals surface area (Å²) in [5.41, 5.74) is -0.563. The Kier molecular flexibility index (Phi) is 4.37. The van der Waals surface area contributed by atoms with Gasteiger partial charge in [-0.05, 0) is 18.6 Å². The fourth-order valence-corrected chi connectivity index (χ4v) is 3.31. The minimum atomic E-state index is -4.80. The van der Waals surface area contributed by atoms with E-state index in [0.717, 1.165) is 25.2 Å². The lowest BCUT2D eigenvalue weighted by Gasteiger charge is -2.38. The molecule has 0 saturated carbocycles. The van der Waals surface area contributed by atoms with E-state index in [4.69, 9.17) is 0 Å². The van der Waals surface area contributed by atoms with Gasteiger partial charge in [-0.3, -0.25) is 0 Å². The second-order valence-corrected chi connectivity index (χ2v) is 6.54. The molecule has 1 N–H and O–H groups in total. The number of nitrogens with one attached hydrogen (secondary N) is 1. The molecule has 4 rings (SSSR count). The fraction of sp³-hybridized carbons (Fsp3) is 0.471. The van der Waals surface area contributed by atoms with Crippen molar-refractivity contribution in [2.24, 2.45) is 15.3 Å². The number of alkyl halides is 3. The Hall–Kier alpha value is -2.49. The summed E-state index contributed by atoms with van der Waals surface area (Å²) in [7, 11) is 0. The lowest BCUT2D eigenvalue weighted by molar-refractivity contribution is -0.139. The quantitative estimate of drug-likeness (QED) is 0.755. The molecular weight excluding hydrogens is 364 g/mol. The van der Waals surface area contributed by atoms with Gasteiger partial charge in [0.1, 0.15) is 11.5 Å². The van der Waals surface area contributed by atoms with Crippen LogP contribution in [0, 0.1) is 5.82 Å². The van der Waals surface area contributed by atoms with Crippen molar-refractivity contribution in [3.8, 4) is 0 Å². The number of aliphatic imine (C=N–C) groups is 1. The van der Waals surface area contributed by atoms with Crippen molar-refractivity contribution in [2.75, 3.05) is 31.2 Å². The molecular formula is C17H18F4N6.